The normalized spacial score (nSPS) is 21.3. The lowest BCUT2D eigenvalue weighted by Crippen LogP contribution is -2.62. The highest BCUT2D eigenvalue weighted by Crippen LogP contribution is 2.50. The van der Waals surface area contributed by atoms with E-state index in [1.54, 1.807) is 9.58 Å². The Bertz CT molecular complexity index is 788. The van der Waals surface area contributed by atoms with Crippen LogP contribution < -0.4 is 4.74 Å². The van der Waals surface area contributed by atoms with Crippen molar-refractivity contribution >= 4 is 11.9 Å². The number of rotatable bonds is 0. The van der Waals surface area contributed by atoms with Gasteiger partial charge in [-0.1, -0.05) is 0 Å². The molecule has 2 aliphatic rings. The summed E-state index contributed by atoms with van der Waals surface area (Å²) in [6.45, 7) is 16.5. The minimum absolute atomic E-state index is 0.00229. The highest BCUT2D eigenvalue weighted by atomic mass is 16.6. The second kappa shape index (κ2) is 6.22. The van der Waals surface area contributed by atoms with E-state index >= 15 is 0 Å². The molecule has 1 aromatic heterocycles. The average molecular weight is 392 g/mol. The van der Waals surface area contributed by atoms with Gasteiger partial charge in [-0.3, -0.25) is 9.48 Å². The second-order valence-corrected chi connectivity index (χ2v) is 10.5. The summed E-state index contributed by atoms with van der Waals surface area (Å²) in [7, 11) is 0. The standard InChI is InChI=1S/C21H33N3O4/c1-18(2,3)24-13-14-15(22-24)16(25)20(7,8)21(27-14)9-11-23(12-10-21)17(26)28-19(4,5)6/h13H,9-12H2,1-8H3. The Kier molecular flexibility index (Phi) is 4.60. The van der Waals surface area contributed by atoms with Crippen molar-refractivity contribution in [3.8, 4) is 5.75 Å². The van der Waals surface area contributed by atoms with Gasteiger partial charge in [0.05, 0.1) is 17.2 Å². The van der Waals surface area contributed by atoms with Crippen molar-refractivity contribution in [3.63, 3.8) is 0 Å². The number of amides is 1. The zero-order valence-electron chi connectivity index (χ0n) is 18.4. The number of Topliss-reactive ketones (excluding diaryl/α,β-unsaturated/α-hetero) is 1. The summed E-state index contributed by atoms with van der Waals surface area (Å²) in [6.07, 6.45) is 2.66. The van der Waals surface area contributed by atoms with E-state index in [1.165, 1.54) is 0 Å². The number of carbonyl (C=O) groups is 2. The monoisotopic (exact) mass is 391 g/mol. The molecule has 2 aliphatic heterocycles. The molecule has 1 amide bonds. The van der Waals surface area contributed by atoms with Crippen LogP contribution in [-0.4, -0.2) is 50.8 Å². The highest BCUT2D eigenvalue weighted by Gasteiger charge is 2.58. The molecular weight excluding hydrogens is 358 g/mol. The Morgan fingerprint density at radius 3 is 2.21 bits per heavy atom. The first-order chi connectivity index (χ1) is 12.7. The molecule has 7 heteroatoms. The van der Waals surface area contributed by atoms with Gasteiger partial charge in [-0.2, -0.15) is 5.10 Å². The van der Waals surface area contributed by atoms with Crippen LogP contribution in [0.1, 0.15) is 78.7 Å². The number of aromatic nitrogens is 2. The van der Waals surface area contributed by atoms with Gasteiger partial charge in [0.2, 0.25) is 0 Å². The molecule has 7 nitrogen and oxygen atoms in total. The lowest BCUT2D eigenvalue weighted by molar-refractivity contribution is -0.0785. The van der Waals surface area contributed by atoms with Crippen LogP contribution in [-0.2, 0) is 10.3 Å². The minimum atomic E-state index is -0.725. The molecule has 28 heavy (non-hydrogen) atoms. The second-order valence-electron chi connectivity index (χ2n) is 10.5. The quantitative estimate of drug-likeness (QED) is 0.668. The fourth-order valence-corrected chi connectivity index (χ4v) is 3.88. The lowest BCUT2D eigenvalue weighted by Gasteiger charge is -2.51. The summed E-state index contributed by atoms with van der Waals surface area (Å²) >= 11 is 0. The summed E-state index contributed by atoms with van der Waals surface area (Å²) in [5.41, 5.74) is -1.74. The van der Waals surface area contributed by atoms with Gasteiger partial charge in [-0.25, -0.2) is 4.79 Å². The number of hydrogen-bond donors (Lipinski definition) is 0. The maximum absolute atomic E-state index is 13.3. The van der Waals surface area contributed by atoms with E-state index in [4.69, 9.17) is 9.47 Å². The van der Waals surface area contributed by atoms with Gasteiger partial charge in [0.1, 0.15) is 11.2 Å². The third kappa shape index (κ3) is 3.40. The molecule has 1 fully saturated rings. The number of nitrogens with zero attached hydrogens (tertiary/aromatic N) is 3. The molecule has 1 aromatic rings. The first-order valence-electron chi connectivity index (χ1n) is 9.98. The van der Waals surface area contributed by atoms with E-state index in [9.17, 15) is 9.59 Å². The van der Waals surface area contributed by atoms with Crippen molar-refractivity contribution in [1.82, 2.24) is 14.7 Å². The first-order valence-corrected chi connectivity index (χ1v) is 9.98. The van der Waals surface area contributed by atoms with Crippen LogP contribution in [0.25, 0.3) is 0 Å². The number of piperidine rings is 1. The van der Waals surface area contributed by atoms with E-state index in [-0.39, 0.29) is 17.4 Å². The molecule has 0 radical (unpaired) electrons. The average Bonchev–Trinajstić information content (AvgIpc) is 2.96. The van der Waals surface area contributed by atoms with Gasteiger partial charge in [-0.15, -0.1) is 0 Å². The van der Waals surface area contributed by atoms with Crippen molar-refractivity contribution in [2.45, 2.75) is 85.0 Å². The molecule has 3 heterocycles. The molecule has 156 valence electrons. The summed E-state index contributed by atoms with van der Waals surface area (Å²) in [5.74, 6) is 0.549. The zero-order chi connectivity index (χ0) is 21.1. The third-order valence-electron chi connectivity index (χ3n) is 5.82. The number of carbonyl (C=O) groups excluding carboxylic acids is 2. The molecule has 0 aliphatic carbocycles. The predicted molar refractivity (Wildman–Crippen MR) is 106 cm³/mol. The Morgan fingerprint density at radius 1 is 1.14 bits per heavy atom. The van der Waals surface area contributed by atoms with E-state index in [1.807, 2.05) is 61.6 Å². The van der Waals surface area contributed by atoms with Crippen LogP contribution in [0.3, 0.4) is 0 Å². The largest absolute Gasteiger partial charge is 0.482 e. The van der Waals surface area contributed by atoms with Crippen LogP contribution in [0.4, 0.5) is 4.79 Å². The summed E-state index contributed by atoms with van der Waals surface area (Å²) in [6, 6.07) is 0. The van der Waals surface area contributed by atoms with Gasteiger partial charge >= 0.3 is 6.09 Å². The van der Waals surface area contributed by atoms with Crippen molar-refractivity contribution in [2.75, 3.05) is 13.1 Å². The Labute approximate surface area is 167 Å². The van der Waals surface area contributed by atoms with E-state index in [0.29, 0.717) is 37.4 Å². The van der Waals surface area contributed by atoms with Gasteiger partial charge in [0, 0.05) is 25.9 Å². The summed E-state index contributed by atoms with van der Waals surface area (Å²) in [4.78, 5) is 27.4. The highest BCUT2D eigenvalue weighted by molar-refractivity contribution is 6.02. The molecule has 0 aromatic carbocycles. The molecular formula is C21H33N3O4. The van der Waals surface area contributed by atoms with Crippen molar-refractivity contribution in [2.24, 2.45) is 5.41 Å². The summed E-state index contributed by atoms with van der Waals surface area (Å²) in [5, 5.41) is 4.52. The van der Waals surface area contributed by atoms with Crippen molar-refractivity contribution in [1.29, 1.82) is 0 Å². The van der Waals surface area contributed by atoms with E-state index in [0.717, 1.165) is 0 Å². The molecule has 0 N–H and O–H groups in total. The number of likely N-dealkylation sites (tertiary alicyclic amines) is 1. The number of fused-ring (bicyclic) bond motifs is 1. The number of ketones is 1. The molecule has 3 rings (SSSR count). The van der Waals surface area contributed by atoms with Gasteiger partial charge < -0.3 is 14.4 Å². The van der Waals surface area contributed by atoms with Crippen LogP contribution in [0, 0.1) is 5.41 Å². The Hall–Kier alpha value is -2.05. The number of ether oxygens (including phenoxy) is 2. The smallest absolute Gasteiger partial charge is 0.410 e. The predicted octanol–water partition coefficient (Wildman–Crippen LogP) is 4.01. The summed E-state index contributed by atoms with van der Waals surface area (Å²) < 4.78 is 13.7. The number of hydrogen-bond acceptors (Lipinski definition) is 5. The first kappa shape index (κ1) is 20.7. The molecule has 0 atom stereocenters. The minimum Gasteiger partial charge on any atom is -0.482 e. The Balaban J connectivity index is 1.84. The van der Waals surface area contributed by atoms with Crippen molar-refractivity contribution in [3.05, 3.63) is 11.9 Å². The van der Waals surface area contributed by atoms with Gasteiger partial charge in [0.25, 0.3) is 0 Å². The fraction of sp³-hybridized carbons (Fsp3) is 0.762. The molecule has 0 bridgehead atoms. The maximum Gasteiger partial charge on any atom is 0.410 e. The van der Waals surface area contributed by atoms with Crippen LogP contribution >= 0.6 is 0 Å². The van der Waals surface area contributed by atoms with Gasteiger partial charge in [0.15, 0.2) is 17.2 Å². The van der Waals surface area contributed by atoms with Crippen molar-refractivity contribution < 1.29 is 19.1 Å². The van der Waals surface area contributed by atoms with Gasteiger partial charge in [-0.05, 0) is 55.4 Å². The van der Waals surface area contributed by atoms with Crippen LogP contribution in [0.5, 0.6) is 5.75 Å². The van der Waals surface area contributed by atoms with Crippen LogP contribution in [0.15, 0.2) is 6.20 Å². The zero-order valence-corrected chi connectivity index (χ0v) is 18.4. The van der Waals surface area contributed by atoms with E-state index < -0.39 is 16.6 Å². The lowest BCUT2D eigenvalue weighted by atomic mass is 9.65. The fourth-order valence-electron chi connectivity index (χ4n) is 3.88. The molecule has 1 spiro atoms. The Morgan fingerprint density at radius 2 is 1.71 bits per heavy atom. The van der Waals surface area contributed by atoms with Crippen LogP contribution in [0.2, 0.25) is 0 Å². The molecule has 0 saturated carbocycles. The topological polar surface area (TPSA) is 73.7 Å². The maximum atomic E-state index is 13.3. The third-order valence-corrected chi connectivity index (χ3v) is 5.82. The van der Waals surface area contributed by atoms with E-state index in [2.05, 4.69) is 5.10 Å². The molecule has 0 unspecified atom stereocenters. The molecule has 1 saturated heterocycles. The SMILES string of the molecule is CC(C)(C)OC(=O)N1CCC2(CC1)Oc1cn(C(C)(C)C)nc1C(=O)C2(C)C.